The van der Waals surface area contributed by atoms with E-state index in [0.717, 1.165) is 18.4 Å². The third-order valence-corrected chi connectivity index (χ3v) is 5.11. The van der Waals surface area contributed by atoms with Crippen LogP contribution in [0, 0.1) is 12.8 Å². The fraction of sp³-hybridized carbons (Fsp3) is 0.571. The zero-order valence-electron chi connectivity index (χ0n) is 11.6. The number of esters is 1. The molecule has 1 amide bonds. The van der Waals surface area contributed by atoms with Crippen molar-refractivity contribution in [2.75, 3.05) is 19.7 Å². The van der Waals surface area contributed by atoms with Crippen molar-refractivity contribution in [1.82, 2.24) is 4.90 Å². The number of halogens is 1. The molecule has 1 fully saturated rings. The van der Waals surface area contributed by atoms with Gasteiger partial charge in [-0.1, -0.05) is 11.6 Å². The van der Waals surface area contributed by atoms with Crippen LogP contribution in [-0.2, 0) is 9.53 Å². The average Bonchev–Trinajstić information content (AvgIpc) is 2.79. The highest BCUT2D eigenvalue weighted by molar-refractivity contribution is 7.13. The van der Waals surface area contributed by atoms with Crippen molar-refractivity contribution >= 4 is 34.8 Å². The van der Waals surface area contributed by atoms with Gasteiger partial charge < -0.3 is 9.64 Å². The number of hydrogen-bond acceptors (Lipinski definition) is 4. The second kappa shape index (κ2) is 6.59. The van der Waals surface area contributed by atoms with E-state index in [9.17, 15) is 9.59 Å². The zero-order valence-corrected chi connectivity index (χ0v) is 13.2. The smallest absolute Gasteiger partial charge is 0.310 e. The van der Waals surface area contributed by atoms with Crippen molar-refractivity contribution in [3.8, 4) is 0 Å². The van der Waals surface area contributed by atoms with Crippen LogP contribution in [0.3, 0.4) is 0 Å². The Morgan fingerprint density at radius 1 is 1.55 bits per heavy atom. The molecule has 2 rings (SSSR count). The van der Waals surface area contributed by atoms with Crippen LogP contribution < -0.4 is 0 Å². The van der Waals surface area contributed by atoms with Crippen LogP contribution in [0.2, 0.25) is 5.02 Å². The highest BCUT2D eigenvalue weighted by atomic mass is 35.5. The van der Waals surface area contributed by atoms with E-state index in [1.165, 1.54) is 11.3 Å². The first-order chi connectivity index (χ1) is 9.54. The number of rotatable bonds is 3. The lowest BCUT2D eigenvalue weighted by Gasteiger charge is -2.31. The van der Waals surface area contributed by atoms with Crippen LogP contribution in [0.5, 0.6) is 0 Å². The summed E-state index contributed by atoms with van der Waals surface area (Å²) in [6.45, 7) is 5.14. The molecule has 0 saturated carbocycles. The Bertz CT molecular complexity index is 515. The average molecular weight is 316 g/mol. The van der Waals surface area contributed by atoms with Crippen molar-refractivity contribution in [1.29, 1.82) is 0 Å². The lowest BCUT2D eigenvalue weighted by atomic mass is 9.98. The number of nitrogens with zero attached hydrogens (tertiary/aromatic N) is 1. The summed E-state index contributed by atoms with van der Waals surface area (Å²) in [5.74, 6) is -0.506. The van der Waals surface area contributed by atoms with Gasteiger partial charge in [0.15, 0.2) is 0 Å². The molecular weight excluding hydrogens is 298 g/mol. The molecule has 1 atom stereocenters. The van der Waals surface area contributed by atoms with Gasteiger partial charge in [-0.05, 0) is 37.6 Å². The predicted molar refractivity (Wildman–Crippen MR) is 79.3 cm³/mol. The van der Waals surface area contributed by atoms with Gasteiger partial charge in [-0.3, -0.25) is 9.59 Å². The van der Waals surface area contributed by atoms with Crippen molar-refractivity contribution in [3.05, 3.63) is 20.8 Å². The third-order valence-electron chi connectivity index (χ3n) is 3.42. The summed E-state index contributed by atoms with van der Waals surface area (Å²) in [5, 5.41) is 2.40. The number of piperidine rings is 1. The van der Waals surface area contributed by atoms with E-state index < -0.39 is 0 Å². The van der Waals surface area contributed by atoms with Crippen molar-refractivity contribution in [3.63, 3.8) is 0 Å². The summed E-state index contributed by atoms with van der Waals surface area (Å²) >= 11 is 7.50. The van der Waals surface area contributed by atoms with Crippen LogP contribution in [-0.4, -0.2) is 36.5 Å². The second-order valence-electron chi connectivity index (χ2n) is 4.90. The van der Waals surface area contributed by atoms with Crippen LogP contribution in [0.15, 0.2) is 5.38 Å². The summed E-state index contributed by atoms with van der Waals surface area (Å²) in [5.41, 5.74) is 0.916. The molecular formula is C14H18ClNO3S. The first kappa shape index (κ1) is 15.3. The molecule has 0 N–H and O–H groups in total. The van der Waals surface area contributed by atoms with E-state index in [4.69, 9.17) is 16.3 Å². The van der Waals surface area contributed by atoms with Crippen molar-refractivity contribution in [2.24, 2.45) is 5.92 Å². The van der Waals surface area contributed by atoms with Crippen molar-refractivity contribution < 1.29 is 14.3 Å². The fourth-order valence-corrected chi connectivity index (χ4v) is 3.57. The Kier molecular flexibility index (Phi) is 5.05. The Hall–Kier alpha value is -1.07. The Morgan fingerprint density at radius 3 is 2.90 bits per heavy atom. The first-order valence-electron chi connectivity index (χ1n) is 6.74. The highest BCUT2D eigenvalue weighted by Crippen LogP contribution is 2.30. The summed E-state index contributed by atoms with van der Waals surface area (Å²) in [6, 6.07) is 0. The molecule has 1 saturated heterocycles. The minimum atomic E-state index is -0.215. The van der Waals surface area contributed by atoms with Crippen molar-refractivity contribution in [2.45, 2.75) is 26.7 Å². The summed E-state index contributed by atoms with van der Waals surface area (Å²) in [7, 11) is 0. The summed E-state index contributed by atoms with van der Waals surface area (Å²) in [6.07, 6.45) is 1.59. The molecule has 1 aromatic rings. The maximum Gasteiger partial charge on any atom is 0.310 e. The standard InChI is InChI=1S/C14H18ClNO3S/c1-3-19-14(18)10-5-4-6-16(7-10)13(17)12-11(15)9(2)8-20-12/h8,10H,3-7H2,1-2H3/t10-/m1/s1. The fourth-order valence-electron chi connectivity index (χ4n) is 2.33. The molecule has 20 heavy (non-hydrogen) atoms. The van der Waals surface area contributed by atoms with Gasteiger partial charge in [0.1, 0.15) is 4.88 Å². The number of likely N-dealkylation sites (tertiary alicyclic amines) is 1. The normalized spacial score (nSPS) is 18.9. The third kappa shape index (κ3) is 3.15. The molecule has 0 aliphatic carbocycles. The number of ether oxygens (including phenoxy) is 1. The molecule has 1 aromatic heterocycles. The van der Waals surface area contributed by atoms with E-state index in [1.54, 1.807) is 11.8 Å². The second-order valence-corrected chi connectivity index (χ2v) is 6.16. The van der Waals surface area contributed by atoms with Crippen LogP contribution in [0.25, 0.3) is 0 Å². The van der Waals surface area contributed by atoms with Crippen LogP contribution >= 0.6 is 22.9 Å². The molecule has 6 heteroatoms. The number of amides is 1. The van der Waals surface area contributed by atoms with Gasteiger partial charge in [-0.25, -0.2) is 0 Å². The molecule has 0 unspecified atom stereocenters. The molecule has 2 heterocycles. The van der Waals surface area contributed by atoms with E-state index in [2.05, 4.69) is 0 Å². The summed E-state index contributed by atoms with van der Waals surface area (Å²) in [4.78, 5) is 26.5. The molecule has 110 valence electrons. The lowest BCUT2D eigenvalue weighted by molar-refractivity contribution is -0.149. The predicted octanol–water partition coefficient (Wildman–Crippen LogP) is 3.13. The SMILES string of the molecule is CCOC(=O)[C@@H]1CCCN(C(=O)c2scc(C)c2Cl)C1. The number of thiophene rings is 1. The number of carbonyl (C=O) groups excluding carboxylic acids is 2. The van der Waals surface area contributed by atoms with Gasteiger partial charge in [0.05, 0.1) is 17.5 Å². The van der Waals surface area contributed by atoms with Gasteiger partial charge in [0.25, 0.3) is 5.91 Å². The Balaban J connectivity index is 2.07. The number of aryl methyl sites for hydroxylation is 1. The maximum atomic E-state index is 12.5. The van der Waals surface area contributed by atoms with Gasteiger partial charge in [-0.15, -0.1) is 11.3 Å². The molecule has 0 bridgehead atoms. The van der Waals surface area contributed by atoms with Crippen LogP contribution in [0.1, 0.15) is 35.0 Å². The first-order valence-corrected chi connectivity index (χ1v) is 7.99. The van der Waals surface area contributed by atoms with Crippen LogP contribution in [0.4, 0.5) is 0 Å². The topological polar surface area (TPSA) is 46.6 Å². The Labute approximate surface area is 127 Å². The molecule has 1 aliphatic rings. The highest BCUT2D eigenvalue weighted by Gasteiger charge is 2.31. The molecule has 0 radical (unpaired) electrons. The number of hydrogen-bond donors (Lipinski definition) is 0. The van der Waals surface area contributed by atoms with E-state index >= 15 is 0 Å². The van der Waals surface area contributed by atoms with Gasteiger partial charge >= 0.3 is 5.97 Å². The molecule has 1 aliphatic heterocycles. The molecule has 4 nitrogen and oxygen atoms in total. The minimum Gasteiger partial charge on any atom is -0.466 e. The van der Waals surface area contributed by atoms with E-state index in [1.807, 2.05) is 12.3 Å². The van der Waals surface area contributed by atoms with E-state index in [0.29, 0.717) is 29.6 Å². The summed E-state index contributed by atoms with van der Waals surface area (Å²) < 4.78 is 5.04. The largest absolute Gasteiger partial charge is 0.466 e. The van der Waals surface area contributed by atoms with Gasteiger partial charge in [0, 0.05) is 13.1 Å². The zero-order chi connectivity index (χ0) is 14.7. The quantitative estimate of drug-likeness (QED) is 0.805. The van der Waals surface area contributed by atoms with Gasteiger partial charge in [-0.2, -0.15) is 0 Å². The van der Waals surface area contributed by atoms with E-state index in [-0.39, 0.29) is 17.8 Å². The molecule has 0 spiro atoms. The lowest BCUT2D eigenvalue weighted by Crippen LogP contribution is -2.42. The monoisotopic (exact) mass is 315 g/mol. The minimum absolute atomic E-state index is 0.0814. The Morgan fingerprint density at radius 2 is 2.30 bits per heavy atom. The maximum absolute atomic E-state index is 12.5. The molecule has 0 aromatic carbocycles. The number of carbonyl (C=O) groups is 2. The van der Waals surface area contributed by atoms with Gasteiger partial charge in [0.2, 0.25) is 0 Å².